The number of nitrogens with one attached hydrogen (secondary N) is 1. The number of amides is 2. The molecule has 33 heavy (non-hydrogen) atoms. The molecule has 1 aliphatic heterocycles. The van der Waals surface area contributed by atoms with Gasteiger partial charge in [0.25, 0.3) is 11.6 Å². The summed E-state index contributed by atoms with van der Waals surface area (Å²) in [5.41, 5.74) is 2.31. The van der Waals surface area contributed by atoms with E-state index in [-0.39, 0.29) is 23.7 Å². The lowest BCUT2D eigenvalue weighted by Gasteiger charge is -2.32. The van der Waals surface area contributed by atoms with Crippen LogP contribution in [0.1, 0.15) is 49.0 Å². The van der Waals surface area contributed by atoms with Gasteiger partial charge in [-0.3, -0.25) is 19.7 Å². The molecule has 0 aromatic heterocycles. The molecule has 1 aliphatic rings. The average Bonchev–Trinajstić information content (AvgIpc) is 2.79. The van der Waals surface area contributed by atoms with Crippen LogP contribution in [0.5, 0.6) is 0 Å². The van der Waals surface area contributed by atoms with Crippen LogP contribution in [-0.2, 0) is 4.79 Å². The molecule has 176 valence electrons. The van der Waals surface area contributed by atoms with Crippen molar-refractivity contribution in [2.75, 3.05) is 36.4 Å². The van der Waals surface area contributed by atoms with Gasteiger partial charge in [0.2, 0.25) is 5.91 Å². The van der Waals surface area contributed by atoms with Gasteiger partial charge in [-0.25, -0.2) is 0 Å². The van der Waals surface area contributed by atoms with Crippen molar-refractivity contribution in [1.82, 2.24) is 4.90 Å². The van der Waals surface area contributed by atoms with Crippen LogP contribution in [0.3, 0.4) is 0 Å². The molecular weight excluding hydrogens is 420 g/mol. The van der Waals surface area contributed by atoms with E-state index in [0.29, 0.717) is 30.3 Å². The van der Waals surface area contributed by atoms with Crippen molar-refractivity contribution in [1.29, 1.82) is 0 Å². The van der Waals surface area contributed by atoms with Gasteiger partial charge in [-0.05, 0) is 55.9 Å². The minimum Gasteiger partial charge on any atom is -0.366 e. The Morgan fingerprint density at radius 1 is 1.24 bits per heavy atom. The third kappa shape index (κ3) is 6.09. The molecule has 1 saturated heterocycles. The van der Waals surface area contributed by atoms with E-state index in [2.05, 4.69) is 12.2 Å². The van der Waals surface area contributed by atoms with Crippen molar-refractivity contribution in [2.45, 2.75) is 40.0 Å². The van der Waals surface area contributed by atoms with Crippen LogP contribution in [0.2, 0.25) is 0 Å². The summed E-state index contributed by atoms with van der Waals surface area (Å²) in [6.45, 7) is 7.73. The Morgan fingerprint density at radius 2 is 2.00 bits per heavy atom. The molecule has 1 unspecified atom stereocenters. The molecule has 2 amide bonds. The van der Waals surface area contributed by atoms with Gasteiger partial charge < -0.3 is 15.1 Å². The quantitative estimate of drug-likeness (QED) is 0.465. The van der Waals surface area contributed by atoms with Crippen molar-refractivity contribution in [3.05, 3.63) is 63.7 Å². The van der Waals surface area contributed by atoms with E-state index in [9.17, 15) is 19.7 Å². The second kappa shape index (κ2) is 10.9. The lowest BCUT2D eigenvalue weighted by atomic mass is 9.99. The smallest absolute Gasteiger partial charge is 0.293 e. The van der Waals surface area contributed by atoms with Crippen LogP contribution >= 0.6 is 0 Å². The number of anilines is 2. The number of hydrogen-bond acceptors (Lipinski definition) is 5. The van der Waals surface area contributed by atoms with Gasteiger partial charge in [0.1, 0.15) is 12.2 Å². The van der Waals surface area contributed by atoms with Crippen molar-refractivity contribution in [3.8, 4) is 0 Å². The second-order valence-electron chi connectivity index (χ2n) is 8.74. The Labute approximate surface area is 194 Å². The first kappa shape index (κ1) is 24.2. The second-order valence-corrected chi connectivity index (χ2v) is 8.74. The highest BCUT2D eigenvalue weighted by Crippen LogP contribution is 2.32. The summed E-state index contributed by atoms with van der Waals surface area (Å²) in [6, 6.07) is 12.1. The van der Waals surface area contributed by atoms with Crippen LogP contribution in [0.15, 0.2) is 42.5 Å². The summed E-state index contributed by atoms with van der Waals surface area (Å²) in [6.07, 6.45) is 2.76. The zero-order chi connectivity index (χ0) is 24.0. The summed E-state index contributed by atoms with van der Waals surface area (Å²) in [5.74, 6) is -0.232. The molecule has 1 fully saturated rings. The molecule has 1 atom stereocenters. The third-order valence-electron chi connectivity index (χ3n) is 5.95. The maximum atomic E-state index is 13.2. The average molecular weight is 453 g/mol. The van der Waals surface area contributed by atoms with E-state index in [1.807, 2.05) is 43.0 Å². The van der Waals surface area contributed by atoms with Gasteiger partial charge in [0, 0.05) is 37.0 Å². The Hall–Kier alpha value is -3.42. The predicted octanol–water partition coefficient (Wildman–Crippen LogP) is 4.63. The van der Waals surface area contributed by atoms with Gasteiger partial charge in [-0.15, -0.1) is 0 Å². The van der Waals surface area contributed by atoms with Crippen molar-refractivity contribution < 1.29 is 14.5 Å². The van der Waals surface area contributed by atoms with Crippen molar-refractivity contribution in [2.24, 2.45) is 5.92 Å². The van der Waals surface area contributed by atoms with Crippen LogP contribution in [-0.4, -0.2) is 47.8 Å². The molecule has 8 heteroatoms. The van der Waals surface area contributed by atoms with Crippen molar-refractivity contribution in [3.63, 3.8) is 0 Å². The van der Waals surface area contributed by atoms with E-state index in [1.165, 1.54) is 11.0 Å². The maximum Gasteiger partial charge on any atom is 0.293 e. The Bertz CT molecular complexity index is 1020. The van der Waals surface area contributed by atoms with E-state index in [0.717, 1.165) is 31.5 Å². The number of nitro groups is 1. The number of nitro benzene ring substituents is 1. The van der Waals surface area contributed by atoms with Crippen molar-refractivity contribution >= 4 is 28.9 Å². The van der Waals surface area contributed by atoms with E-state index >= 15 is 0 Å². The number of carbonyl (C=O) groups is 2. The first-order valence-corrected chi connectivity index (χ1v) is 11.5. The first-order chi connectivity index (χ1) is 15.8. The largest absolute Gasteiger partial charge is 0.366 e. The number of rotatable bonds is 8. The Morgan fingerprint density at radius 3 is 2.67 bits per heavy atom. The summed E-state index contributed by atoms with van der Waals surface area (Å²) in [7, 11) is 0. The molecular formula is C25H32N4O4. The molecule has 0 aliphatic carbocycles. The lowest BCUT2D eigenvalue weighted by molar-refractivity contribution is -0.384. The number of piperidine rings is 1. The molecule has 2 aromatic rings. The van der Waals surface area contributed by atoms with E-state index in [1.54, 1.807) is 12.1 Å². The number of aryl methyl sites for hydroxylation is 1. The first-order valence-electron chi connectivity index (χ1n) is 11.5. The molecule has 8 nitrogen and oxygen atoms in total. The van der Waals surface area contributed by atoms with Gasteiger partial charge in [-0.1, -0.05) is 32.0 Å². The maximum absolute atomic E-state index is 13.2. The van der Waals surface area contributed by atoms with Gasteiger partial charge in [0.15, 0.2) is 0 Å². The Kier molecular flexibility index (Phi) is 8.03. The predicted molar refractivity (Wildman–Crippen MR) is 130 cm³/mol. The topological polar surface area (TPSA) is 95.8 Å². The Balaban J connectivity index is 1.80. The number of carbonyl (C=O) groups excluding carboxylic acids is 2. The highest BCUT2D eigenvalue weighted by atomic mass is 16.6. The number of nitrogens with zero attached hydrogens (tertiary/aromatic N) is 3. The van der Waals surface area contributed by atoms with Crippen LogP contribution in [0, 0.1) is 23.0 Å². The number of para-hydroxylation sites is 1. The van der Waals surface area contributed by atoms with Crippen LogP contribution < -0.4 is 10.2 Å². The fourth-order valence-electron chi connectivity index (χ4n) is 4.26. The SMILES string of the molecule is CCCN(CC(=O)Nc1ccccc1C)C(=O)c1ccc(N2CCCC(C)C2)c([N+](=O)[O-])c1. The summed E-state index contributed by atoms with van der Waals surface area (Å²) < 4.78 is 0. The molecule has 0 bridgehead atoms. The molecule has 2 aromatic carbocycles. The van der Waals surface area contributed by atoms with Crippen LogP contribution in [0.4, 0.5) is 17.1 Å². The molecule has 0 saturated carbocycles. The minimum absolute atomic E-state index is 0.0734. The molecule has 1 N–H and O–H groups in total. The van der Waals surface area contributed by atoms with Gasteiger partial charge >= 0.3 is 0 Å². The van der Waals surface area contributed by atoms with E-state index < -0.39 is 10.8 Å². The van der Waals surface area contributed by atoms with Gasteiger partial charge in [0.05, 0.1) is 4.92 Å². The highest BCUT2D eigenvalue weighted by Gasteiger charge is 2.27. The highest BCUT2D eigenvalue weighted by molar-refractivity contribution is 6.00. The normalized spacial score (nSPS) is 15.7. The fourth-order valence-corrected chi connectivity index (χ4v) is 4.26. The zero-order valence-electron chi connectivity index (χ0n) is 19.5. The molecule has 1 heterocycles. The summed E-state index contributed by atoms with van der Waals surface area (Å²) >= 11 is 0. The summed E-state index contributed by atoms with van der Waals surface area (Å²) in [5, 5.41) is 14.7. The van der Waals surface area contributed by atoms with Crippen LogP contribution in [0.25, 0.3) is 0 Å². The molecule has 0 spiro atoms. The molecule has 3 rings (SSSR count). The number of hydrogen-bond donors (Lipinski definition) is 1. The van der Waals surface area contributed by atoms with Gasteiger partial charge in [-0.2, -0.15) is 0 Å². The number of benzene rings is 2. The zero-order valence-corrected chi connectivity index (χ0v) is 19.5. The summed E-state index contributed by atoms with van der Waals surface area (Å²) in [4.78, 5) is 40.7. The minimum atomic E-state index is -0.430. The monoisotopic (exact) mass is 452 g/mol. The molecule has 0 radical (unpaired) electrons. The fraction of sp³-hybridized carbons (Fsp3) is 0.440. The van der Waals surface area contributed by atoms with E-state index in [4.69, 9.17) is 0 Å². The third-order valence-corrected chi connectivity index (χ3v) is 5.95. The standard InChI is InChI=1S/C25H32N4O4/c1-4-13-28(17-24(30)26-21-10-6-5-9-19(21)3)25(31)20-11-12-22(23(15-20)29(32)33)27-14-7-8-18(2)16-27/h5-6,9-12,15,18H,4,7-8,13-14,16-17H2,1-3H3,(H,26,30). The lowest BCUT2D eigenvalue weighted by Crippen LogP contribution is -2.38.